The summed E-state index contributed by atoms with van der Waals surface area (Å²) in [4.78, 5) is 26.3. The minimum absolute atomic E-state index is 0.0761. The number of halogens is 1. The van der Waals surface area contributed by atoms with Crippen LogP contribution in [0.3, 0.4) is 0 Å². The second-order valence-electron chi connectivity index (χ2n) is 8.25. The number of carbonyl (C=O) groups excluding carboxylic acids is 1. The molecule has 3 aromatic carbocycles. The Balaban J connectivity index is 1.40. The van der Waals surface area contributed by atoms with E-state index in [1.165, 1.54) is 22.5 Å². The Labute approximate surface area is 200 Å². The molecule has 178 valence electrons. The maximum Gasteiger partial charge on any atom is 0.272 e. The molecule has 1 amide bonds. The molecule has 0 spiro atoms. The molecule has 0 radical (unpaired) electrons. The molecule has 2 heterocycles. The molecule has 1 saturated heterocycles. The fourth-order valence-electron chi connectivity index (χ4n) is 4.24. The number of H-pyrrole nitrogens is 1. The maximum atomic E-state index is 14.7. The highest BCUT2D eigenvalue weighted by molar-refractivity contribution is 7.92. The molecular formula is C25H21FN4O4S. The molecule has 1 aliphatic heterocycles. The molecule has 8 nitrogen and oxygen atoms in total. The number of rotatable bonds is 4. The Kier molecular flexibility index (Phi) is 5.81. The van der Waals surface area contributed by atoms with Crippen molar-refractivity contribution in [2.45, 2.75) is 6.42 Å². The Morgan fingerprint density at radius 3 is 2.43 bits per heavy atom. The predicted octanol–water partition coefficient (Wildman–Crippen LogP) is 2.90. The van der Waals surface area contributed by atoms with Crippen molar-refractivity contribution in [3.8, 4) is 0 Å². The lowest BCUT2D eigenvalue weighted by Gasteiger charge is -2.35. The van der Waals surface area contributed by atoms with E-state index >= 15 is 0 Å². The Morgan fingerprint density at radius 2 is 1.69 bits per heavy atom. The van der Waals surface area contributed by atoms with Crippen LogP contribution in [0.25, 0.3) is 10.8 Å². The van der Waals surface area contributed by atoms with Gasteiger partial charge in [0.2, 0.25) is 0 Å². The van der Waals surface area contributed by atoms with Crippen molar-refractivity contribution in [3.63, 3.8) is 0 Å². The number of amides is 1. The smallest absolute Gasteiger partial charge is 0.272 e. The van der Waals surface area contributed by atoms with Gasteiger partial charge in [0.1, 0.15) is 11.7 Å². The van der Waals surface area contributed by atoms with Gasteiger partial charge >= 0.3 is 0 Å². The van der Waals surface area contributed by atoms with Crippen molar-refractivity contribution >= 4 is 32.4 Å². The lowest BCUT2D eigenvalue weighted by Crippen LogP contribution is -2.52. The van der Waals surface area contributed by atoms with Crippen LogP contribution >= 0.6 is 0 Å². The third kappa shape index (κ3) is 4.40. The minimum Gasteiger partial charge on any atom is -0.320 e. The number of sulfonamides is 1. The van der Waals surface area contributed by atoms with Crippen LogP contribution in [0.1, 0.15) is 21.6 Å². The SMILES string of the molecule is O=C(c1cc(Cc2n[nH]c(=O)c3ccccc23)ccc1F)N1CCN(c2ccccc2)S(=O)(=O)C1. The maximum absolute atomic E-state index is 14.7. The number of nitrogens with one attached hydrogen (secondary N) is 1. The highest BCUT2D eigenvalue weighted by Gasteiger charge is 2.34. The number of hydrogen-bond donors (Lipinski definition) is 1. The topological polar surface area (TPSA) is 103 Å². The molecule has 1 N–H and O–H groups in total. The molecular weight excluding hydrogens is 471 g/mol. The predicted molar refractivity (Wildman–Crippen MR) is 130 cm³/mol. The number of para-hydroxylation sites is 1. The van der Waals surface area contributed by atoms with Crippen molar-refractivity contribution in [1.82, 2.24) is 15.1 Å². The molecule has 10 heteroatoms. The van der Waals surface area contributed by atoms with Gasteiger partial charge in [-0.05, 0) is 35.9 Å². The largest absolute Gasteiger partial charge is 0.320 e. The van der Waals surface area contributed by atoms with Gasteiger partial charge in [-0.25, -0.2) is 17.9 Å². The first-order valence-electron chi connectivity index (χ1n) is 10.9. The first-order valence-corrected chi connectivity index (χ1v) is 12.5. The van der Waals surface area contributed by atoms with E-state index in [4.69, 9.17) is 0 Å². The Hall–Kier alpha value is -4.05. The van der Waals surface area contributed by atoms with E-state index in [2.05, 4.69) is 10.2 Å². The summed E-state index contributed by atoms with van der Waals surface area (Å²) in [6.45, 7) is 0.204. The van der Waals surface area contributed by atoms with Gasteiger partial charge in [0.15, 0.2) is 0 Å². The van der Waals surface area contributed by atoms with Crippen LogP contribution in [0.2, 0.25) is 0 Å². The molecule has 0 bridgehead atoms. The number of anilines is 1. The lowest BCUT2D eigenvalue weighted by atomic mass is 10.0. The number of fused-ring (bicyclic) bond motifs is 1. The summed E-state index contributed by atoms with van der Waals surface area (Å²) in [7, 11) is -3.81. The highest BCUT2D eigenvalue weighted by atomic mass is 32.2. The normalized spacial score (nSPS) is 15.3. The fourth-order valence-corrected chi connectivity index (χ4v) is 5.82. The number of aromatic amines is 1. The second kappa shape index (κ2) is 8.95. The molecule has 1 aliphatic rings. The summed E-state index contributed by atoms with van der Waals surface area (Å²) in [6, 6.07) is 19.8. The van der Waals surface area contributed by atoms with Crippen LogP contribution in [0, 0.1) is 5.82 Å². The zero-order valence-electron chi connectivity index (χ0n) is 18.5. The van der Waals surface area contributed by atoms with Crippen molar-refractivity contribution in [2.75, 3.05) is 23.3 Å². The van der Waals surface area contributed by atoms with Gasteiger partial charge in [-0.1, -0.05) is 42.5 Å². The number of nitrogens with zero attached hydrogens (tertiary/aromatic N) is 3. The second-order valence-corrected chi connectivity index (χ2v) is 10.1. The van der Waals surface area contributed by atoms with Crippen LogP contribution in [-0.4, -0.2) is 48.4 Å². The van der Waals surface area contributed by atoms with Gasteiger partial charge in [-0.3, -0.25) is 13.9 Å². The molecule has 0 aliphatic carbocycles. The number of benzene rings is 3. The Morgan fingerprint density at radius 1 is 0.971 bits per heavy atom. The van der Waals surface area contributed by atoms with Crippen LogP contribution < -0.4 is 9.86 Å². The first kappa shape index (κ1) is 22.7. The zero-order valence-corrected chi connectivity index (χ0v) is 19.3. The molecule has 1 aromatic heterocycles. The van der Waals surface area contributed by atoms with E-state index in [-0.39, 0.29) is 30.6 Å². The summed E-state index contributed by atoms with van der Waals surface area (Å²) in [5, 5.41) is 7.74. The molecule has 0 saturated carbocycles. The van der Waals surface area contributed by atoms with Gasteiger partial charge < -0.3 is 4.90 Å². The van der Waals surface area contributed by atoms with Gasteiger partial charge in [0, 0.05) is 18.4 Å². The standard InChI is InChI=1S/C25H21FN4O4S/c26-22-11-10-17(15-23-19-8-4-5-9-20(19)24(31)28-27-23)14-21(22)25(32)29-12-13-30(35(33,34)16-29)18-6-2-1-3-7-18/h1-11,14H,12-13,15-16H2,(H,28,31). The van der Waals surface area contributed by atoms with E-state index in [0.29, 0.717) is 27.7 Å². The third-order valence-electron chi connectivity index (χ3n) is 5.97. The average Bonchev–Trinajstić information content (AvgIpc) is 2.86. The minimum atomic E-state index is -3.81. The molecule has 5 rings (SSSR count). The van der Waals surface area contributed by atoms with E-state index in [9.17, 15) is 22.4 Å². The van der Waals surface area contributed by atoms with Crippen LogP contribution in [0.5, 0.6) is 0 Å². The molecule has 0 unspecified atom stereocenters. The van der Waals surface area contributed by atoms with E-state index in [1.54, 1.807) is 54.6 Å². The van der Waals surface area contributed by atoms with Gasteiger partial charge in [0.25, 0.3) is 21.5 Å². The van der Waals surface area contributed by atoms with E-state index in [1.807, 2.05) is 0 Å². The monoisotopic (exact) mass is 492 g/mol. The van der Waals surface area contributed by atoms with Gasteiger partial charge in [0.05, 0.1) is 28.9 Å². The molecule has 4 aromatic rings. The van der Waals surface area contributed by atoms with Crippen molar-refractivity contribution in [2.24, 2.45) is 0 Å². The summed E-state index contributed by atoms with van der Waals surface area (Å²) >= 11 is 0. The van der Waals surface area contributed by atoms with Crippen molar-refractivity contribution in [3.05, 3.63) is 106 Å². The van der Waals surface area contributed by atoms with Crippen LogP contribution in [-0.2, 0) is 16.4 Å². The third-order valence-corrected chi connectivity index (χ3v) is 7.67. The zero-order chi connectivity index (χ0) is 24.6. The van der Waals surface area contributed by atoms with Gasteiger partial charge in [-0.2, -0.15) is 5.10 Å². The van der Waals surface area contributed by atoms with Crippen LogP contribution in [0.4, 0.5) is 10.1 Å². The van der Waals surface area contributed by atoms with Crippen molar-refractivity contribution in [1.29, 1.82) is 0 Å². The summed E-state index contributed by atoms with van der Waals surface area (Å²) in [6.07, 6.45) is 0.248. The van der Waals surface area contributed by atoms with E-state index in [0.717, 1.165) is 4.90 Å². The van der Waals surface area contributed by atoms with Crippen LogP contribution in [0.15, 0.2) is 77.6 Å². The first-order chi connectivity index (χ1) is 16.8. The summed E-state index contributed by atoms with van der Waals surface area (Å²) in [5.74, 6) is -1.97. The number of hydrogen-bond acceptors (Lipinski definition) is 5. The quantitative estimate of drug-likeness (QED) is 0.472. The highest BCUT2D eigenvalue weighted by Crippen LogP contribution is 2.24. The number of aromatic nitrogens is 2. The molecule has 1 fully saturated rings. The average molecular weight is 493 g/mol. The van der Waals surface area contributed by atoms with Gasteiger partial charge in [-0.15, -0.1) is 0 Å². The van der Waals surface area contributed by atoms with Crippen molar-refractivity contribution < 1.29 is 17.6 Å². The molecule has 0 atom stereocenters. The number of carbonyl (C=O) groups is 1. The Bertz CT molecular complexity index is 1590. The summed E-state index contributed by atoms with van der Waals surface area (Å²) < 4.78 is 41.7. The molecule has 35 heavy (non-hydrogen) atoms. The lowest BCUT2D eigenvalue weighted by molar-refractivity contribution is 0.0777. The van der Waals surface area contributed by atoms with E-state index < -0.39 is 27.6 Å². The fraction of sp³-hybridized carbons (Fsp3) is 0.160. The summed E-state index contributed by atoms with van der Waals surface area (Å²) in [5.41, 5.74) is 1.18.